The van der Waals surface area contributed by atoms with Gasteiger partial charge in [0.05, 0.1) is 7.11 Å². The van der Waals surface area contributed by atoms with Gasteiger partial charge in [0.2, 0.25) is 0 Å². The number of benzene rings is 2. The van der Waals surface area contributed by atoms with Gasteiger partial charge in [0.25, 0.3) is 0 Å². The quantitative estimate of drug-likeness (QED) is 0.876. The van der Waals surface area contributed by atoms with Gasteiger partial charge in [-0.05, 0) is 37.1 Å². The topological polar surface area (TPSA) is 21.3 Å². The molecule has 0 aliphatic rings. The van der Waals surface area contributed by atoms with Gasteiger partial charge in [-0.1, -0.05) is 42.0 Å². The van der Waals surface area contributed by atoms with Gasteiger partial charge in [0, 0.05) is 12.6 Å². The number of aryl methyl sites for hydroxylation is 1. The predicted molar refractivity (Wildman–Crippen MR) is 79.4 cm³/mol. The zero-order valence-corrected chi connectivity index (χ0v) is 11.8. The number of ether oxygens (including phenoxy) is 1. The first-order valence-corrected chi connectivity index (χ1v) is 6.62. The summed E-state index contributed by atoms with van der Waals surface area (Å²) < 4.78 is 5.26. The van der Waals surface area contributed by atoms with Gasteiger partial charge in [-0.3, -0.25) is 0 Å². The van der Waals surface area contributed by atoms with Gasteiger partial charge in [0.15, 0.2) is 0 Å². The summed E-state index contributed by atoms with van der Waals surface area (Å²) >= 11 is 0. The molecule has 2 aromatic carbocycles. The normalized spacial score (nSPS) is 12.2. The van der Waals surface area contributed by atoms with Crippen molar-refractivity contribution in [3.05, 3.63) is 65.2 Å². The molecular weight excluding hydrogens is 234 g/mol. The van der Waals surface area contributed by atoms with E-state index < -0.39 is 0 Å². The van der Waals surface area contributed by atoms with Crippen molar-refractivity contribution in [3.8, 4) is 5.75 Å². The lowest BCUT2D eigenvalue weighted by Crippen LogP contribution is -2.18. The molecule has 0 unspecified atom stereocenters. The van der Waals surface area contributed by atoms with E-state index >= 15 is 0 Å². The highest BCUT2D eigenvalue weighted by atomic mass is 16.5. The largest absolute Gasteiger partial charge is 0.497 e. The molecule has 2 heteroatoms. The second-order valence-electron chi connectivity index (χ2n) is 4.87. The summed E-state index contributed by atoms with van der Waals surface area (Å²) in [5.74, 6) is 0.904. The Morgan fingerprint density at radius 2 is 1.89 bits per heavy atom. The SMILES string of the molecule is COc1cccc([C@H](C)NCc2cccc(C)c2)c1. The molecule has 1 N–H and O–H groups in total. The van der Waals surface area contributed by atoms with Crippen LogP contribution in [0.5, 0.6) is 5.75 Å². The Balaban J connectivity index is 1.99. The smallest absolute Gasteiger partial charge is 0.119 e. The summed E-state index contributed by atoms with van der Waals surface area (Å²) in [4.78, 5) is 0. The lowest BCUT2D eigenvalue weighted by molar-refractivity contribution is 0.413. The van der Waals surface area contributed by atoms with E-state index in [4.69, 9.17) is 4.74 Å². The molecular formula is C17H21NO. The van der Waals surface area contributed by atoms with Gasteiger partial charge < -0.3 is 10.1 Å². The third-order valence-electron chi connectivity index (χ3n) is 3.29. The van der Waals surface area contributed by atoms with E-state index in [0.29, 0.717) is 6.04 Å². The zero-order chi connectivity index (χ0) is 13.7. The van der Waals surface area contributed by atoms with Crippen molar-refractivity contribution in [2.24, 2.45) is 0 Å². The zero-order valence-electron chi connectivity index (χ0n) is 11.8. The molecule has 0 aliphatic carbocycles. The Morgan fingerprint density at radius 3 is 2.63 bits per heavy atom. The summed E-state index contributed by atoms with van der Waals surface area (Å²) in [6.45, 7) is 5.17. The van der Waals surface area contributed by atoms with Crippen molar-refractivity contribution in [1.29, 1.82) is 0 Å². The average molecular weight is 255 g/mol. The van der Waals surface area contributed by atoms with Crippen LogP contribution < -0.4 is 10.1 Å². The Kier molecular flexibility index (Phi) is 4.58. The fourth-order valence-corrected chi connectivity index (χ4v) is 2.12. The molecule has 100 valence electrons. The van der Waals surface area contributed by atoms with E-state index in [-0.39, 0.29) is 0 Å². The van der Waals surface area contributed by atoms with E-state index in [0.717, 1.165) is 12.3 Å². The van der Waals surface area contributed by atoms with E-state index in [1.807, 2.05) is 12.1 Å². The van der Waals surface area contributed by atoms with Crippen molar-refractivity contribution in [1.82, 2.24) is 5.32 Å². The number of nitrogens with one attached hydrogen (secondary N) is 1. The van der Waals surface area contributed by atoms with Crippen LogP contribution in [0.2, 0.25) is 0 Å². The Morgan fingerprint density at radius 1 is 1.11 bits per heavy atom. The lowest BCUT2D eigenvalue weighted by atomic mass is 10.1. The molecule has 0 radical (unpaired) electrons. The van der Waals surface area contributed by atoms with Crippen LogP contribution in [-0.4, -0.2) is 7.11 Å². The molecule has 0 amide bonds. The standard InChI is InChI=1S/C17H21NO/c1-13-6-4-7-15(10-13)12-18-14(2)16-8-5-9-17(11-16)19-3/h4-11,14,18H,12H2,1-3H3/t14-/m0/s1. The maximum absolute atomic E-state index is 5.26. The summed E-state index contributed by atoms with van der Waals surface area (Å²) in [6, 6.07) is 17.1. The molecule has 0 fully saturated rings. The fraction of sp³-hybridized carbons (Fsp3) is 0.294. The third-order valence-corrected chi connectivity index (χ3v) is 3.29. The third kappa shape index (κ3) is 3.83. The van der Waals surface area contributed by atoms with Crippen molar-refractivity contribution >= 4 is 0 Å². The van der Waals surface area contributed by atoms with Crippen LogP contribution in [0.4, 0.5) is 0 Å². The molecule has 0 aromatic heterocycles. The first-order valence-electron chi connectivity index (χ1n) is 6.62. The first kappa shape index (κ1) is 13.6. The van der Waals surface area contributed by atoms with Crippen molar-refractivity contribution < 1.29 is 4.74 Å². The maximum atomic E-state index is 5.26. The molecule has 2 rings (SSSR count). The summed E-state index contributed by atoms with van der Waals surface area (Å²) in [5, 5.41) is 3.54. The number of rotatable bonds is 5. The highest BCUT2D eigenvalue weighted by Gasteiger charge is 2.05. The lowest BCUT2D eigenvalue weighted by Gasteiger charge is -2.15. The van der Waals surface area contributed by atoms with Crippen LogP contribution in [0.1, 0.15) is 29.7 Å². The van der Waals surface area contributed by atoms with Crippen molar-refractivity contribution in [2.75, 3.05) is 7.11 Å². The average Bonchev–Trinajstić information content (AvgIpc) is 2.45. The minimum Gasteiger partial charge on any atom is -0.497 e. The first-order chi connectivity index (χ1) is 9.19. The van der Waals surface area contributed by atoms with E-state index in [2.05, 4.69) is 55.6 Å². The summed E-state index contributed by atoms with van der Waals surface area (Å²) in [7, 11) is 1.70. The Hall–Kier alpha value is -1.80. The van der Waals surface area contributed by atoms with Crippen LogP contribution in [0.25, 0.3) is 0 Å². The van der Waals surface area contributed by atoms with E-state index in [1.54, 1.807) is 7.11 Å². The molecule has 0 heterocycles. The minimum absolute atomic E-state index is 0.301. The maximum Gasteiger partial charge on any atom is 0.119 e. The molecule has 0 aliphatic heterocycles. The summed E-state index contributed by atoms with van der Waals surface area (Å²) in [6.07, 6.45) is 0. The molecule has 0 saturated heterocycles. The molecule has 19 heavy (non-hydrogen) atoms. The molecule has 2 aromatic rings. The molecule has 0 bridgehead atoms. The monoisotopic (exact) mass is 255 g/mol. The number of hydrogen-bond donors (Lipinski definition) is 1. The number of hydrogen-bond acceptors (Lipinski definition) is 2. The van der Waals surface area contributed by atoms with E-state index in [9.17, 15) is 0 Å². The summed E-state index contributed by atoms with van der Waals surface area (Å²) in [5.41, 5.74) is 3.86. The van der Waals surface area contributed by atoms with Crippen LogP contribution in [0.15, 0.2) is 48.5 Å². The molecule has 1 atom stereocenters. The van der Waals surface area contributed by atoms with Gasteiger partial charge in [-0.25, -0.2) is 0 Å². The van der Waals surface area contributed by atoms with E-state index in [1.165, 1.54) is 16.7 Å². The van der Waals surface area contributed by atoms with Gasteiger partial charge in [-0.2, -0.15) is 0 Å². The minimum atomic E-state index is 0.301. The second-order valence-corrected chi connectivity index (χ2v) is 4.87. The van der Waals surface area contributed by atoms with Crippen LogP contribution in [0.3, 0.4) is 0 Å². The van der Waals surface area contributed by atoms with Gasteiger partial charge >= 0.3 is 0 Å². The predicted octanol–water partition coefficient (Wildman–Crippen LogP) is 3.85. The van der Waals surface area contributed by atoms with Crippen LogP contribution in [-0.2, 0) is 6.54 Å². The molecule has 2 nitrogen and oxygen atoms in total. The second kappa shape index (κ2) is 6.39. The molecule has 0 spiro atoms. The van der Waals surface area contributed by atoms with Crippen molar-refractivity contribution in [3.63, 3.8) is 0 Å². The highest BCUT2D eigenvalue weighted by molar-refractivity contribution is 5.30. The van der Waals surface area contributed by atoms with Crippen LogP contribution >= 0.6 is 0 Å². The Bertz CT molecular complexity index is 536. The Labute approximate surface area is 115 Å². The van der Waals surface area contributed by atoms with Gasteiger partial charge in [-0.15, -0.1) is 0 Å². The fourth-order valence-electron chi connectivity index (χ4n) is 2.12. The van der Waals surface area contributed by atoms with Crippen LogP contribution in [0, 0.1) is 6.92 Å². The van der Waals surface area contributed by atoms with Gasteiger partial charge in [0.1, 0.15) is 5.75 Å². The number of methoxy groups -OCH3 is 1. The van der Waals surface area contributed by atoms with Crippen molar-refractivity contribution in [2.45, 2.75) is 26.4 Å². The highest BCUT2D eigenvalue weighted by Crippen LogP contribution is 2.19. The molecule has 0 saturated carbocycles.